The van der Waals surface area contributed by atoms with Gasteiger partial charge < -0.3 is 10.1 Å². The Hall–Kier alpha value is -3.22. The Morgan fingerprint density at radius 1 is 1.25 bits per heavy atom. The van der Waals surface area contributed by atoms with Crippen LogP contribution in [-0.4, -0.2) is 27.5 Å². The lowest BCUT2D eigenvalue weighted by molar-refractivity contribution is 0.102. The monoisotopic (exact) mass is 326 g/mol. The van der Waals surface area contributed by atoms with E-state index in [1.807, 2.05) is 30.3 Å². The van der Waals surface area contributed by atoms with Crippen molar-refractivity contribution in [1.82, 2.24) is 15.0 Å². The number of carbonyl (C=O) groups excluding carboxylic acids is 1. The molecule has 1 N–H and O–H groups in total. The minimum absolute atomic E-state index is 0.144. The largest absolute Gasteiger partial charge is 0.492 e. The molecule has 7 heteroatoms. The van der Waals surface area contributed by atoms with E-state index >= 15 is 0 Å². The summed E-state index contributed by atoms with van der Waals surface area (Å²) in [6.45, 7) is 2.14. The highest BCUT2D eigenvalue weighted by Gasteiger charge is 2.14. The fraction of sp³-hybridized carbons (Fsp3) is 0.118. The molecular formula is C17H15FN4O2. The Morgan fingerprint density at radius 3 is 2.79 bits per heavy atom. The van der Waals surface area contributed by atoms with Gasteiger partial charge in [-0.2, -0.15) is 0 Å². The zero-order chi connectivity index (χ0) is 16.9. The van der Waals surface area contributed by atoms with Gasteiger partial charge in [0, 0.05) is 6.07 Å². The number of amides is 1. The molecule has 0 fully saturated rings. The molecule has 0 atom stereocenters. The van der Waals surface area contributed by atoms with Crippen molar-refractivity contribution in [3.8, 4) is 11.4 Å². The molecule has 0 radical (unpaired) electrons. The first-order valence-corrected chi connectivity index (χ1v) is 7.39. The summed E-state index contributed by atoms with van der Waals surface area (Å²) in [5.41, 5.74) is 1.31. The van der Waals surface area contributed by atoms with Gasteiger partial charge in [-0.15, -0.1) is 5.10 Å². The zero-order valence-corrected chi connectivity index (χ0v) is 12.9. The average molecular weight is 326 g/mol. The topological polar surface area (TPSA) is 69.0 Å². The van der Waals surface area contributed by atoms with E-state index in [2.05, 4.69) is 15.6 Å². The van der Waals surface area contributed by atoms with Crippen LogP contribution in [0.15, 0.2) is 54.7 Å². The second-order valence-electron chi connectivity index (χ2n) is 4.91. The maximum Gasteiger partial charge on any atom is 0.277 e. The molecule has 24 heavy (non-hydrogen) atoms. The number of halogens is 1. The predicted molar refractivity (Wildman–Crippen MR) is 86.9 cm³/mol. The van der Waals surface area contributed by atoms with E-state index in [1.165, 1.54) is 29.1 Å². The smallest absolute Gasteiger partial charge is 0.277 e. The highest BCUT2D eigenvalue weighted by Crippen LogP contribution is 2.25. The average Bonchev–Trinajstić information content (AvgIpc) is 3.08. The first kappa shape index (κ1) is 15.7. The Labute approximate surface area is 137 Å². The van der Waals surface area contributed by atoms with Gasteiger partial charge in [-0.05, 0) is 31.2 Å². The SMILES string of the molecule is CCOc1cc(F)ccc1NC(=O)c1cn(-c2ccccc2)nn1. The van der Waals surface area contributed by atoms with Gasteiger partial charge in [0.2, 0.25) is 0 Å². The van der Waals surface area contributed by atoms with Crippen molar-refractivity contribution in [1.29, 1.82) is 0 Å². The number of nitrogens with one attached hydrogen (secondary N) is 1. The molecule has 0 saturated heterocycles. The Balaban J connectivity index is 1.80. The molecule has 0 saturated carbocycles. The molecule has 0 aliphatic heterocycles. The van der Waals surface area contributed by atoms with Crippen LogP contribution < -0.4 is 10.1 Å². The van der Waals surface area contributed by atoms with Crippen LogP contribution in [0.4, 0.5) is 10.1 Å². The quantitative estimate of drug-likeness (QED) is 0.782. The van der Waals surface area contributed by atoms with E-state index in [0.717, 1.165) is 5.69 Å². The van der Waals surface area contributed by atoms with Crippen molar-refractivity contribution in [3.63, 3.8) is 0 Å². The minimum atomic E-state index is -0.454. The van der Waals surface area contributed by atoms with Gasteiger partial charge in [0.05, 0.1) is 24.2 Å². The first-order valence-electron chi connectivity index (χ1n) is 7.39. The van der Waals surface area contributed by atoms with Crippen molar-refractivity contribution < 1.29 is 13.9 Å². The summed E-state index contributed by atoms with van der Waals surface area (Å²) < 4.78 is 20.1. The van der Waals surface area contributed by atoms with E-state index in [0.29, 0.717) is 12.3 Å². The Morgan fingerprint density at radius 2 is 2.04 bits per heavy atom. The van der Waals surface area contributed by atoms with Crippen molar-refractivity contribution in [2.45, 2.75) is 6.92 Å². The molecule has 6 nitrogen and oxygen atoms in total. The molecule has 0 spiro atoms. The molecular weight excluding hydrogens is 311 g/mol. The fourth-order valence-electron chi connectivity index (χ4n) is 2.14. The van der Waals surface area contributed by atoms with Crippen molar-refractivity contribution >= 4 is 11.6 Å². The van der Waals surface area contributed by atoms with Crippen molar-refractivity contribution in [2.24, 2.45) is 0 Å². The Bertz CT molecular complexity index is 849. The summed E-state index contributed by atoms with van der Waals surface area (Å²) in [7, 11) is 0. The van der Waals surface area contributed by atoms with E-state index < -0.39 is 11.7 Å². The first-order chi connectivity index (χ1) is 11.7. The molecule has 1 heterocycles. The lowest BCUT2D eigenvalue weighted by Gasteiger charge is -2.10. The molecule has 0 unspecified atom stereocenters. The summed E-state index contributed by atoms with van der Waals surface area (Å²) in [5.74, 6) is -0.627. The number of ether oxygens (including phenoxy) is 1. The van der Waals surface area contributed by atoms with Crippen LogP contribution in [0, 0.1) is 5.82 Å². The second-order valence-corrected chi connectivity index (χ2v) is 4.91. The summed E-state index contributed by atoms with van der Waals surface area (Å²) >= 11 is 0. The van der Waals surface area contributed by atoms with Crippen LogP contribution in [0.3, 0.4) is 0 Å². The van der Waals surface area contributed by atoms with Gasteiger partial charge in [0.1, 0.15) is 11.6 Å². The molecule has 0 bridgehead atoms. The number of para-hydroxylation sites is 1. The lowest BCUT2D eigenvalue weighted by atomic mass is 10.2. The maximum atomic E-state index is 13.3. The summed E-state index contributed by atoms with van der Waals surface area (Å²) in [6, 6.07) is 13.2. The highest BCUT2D eigenvalue weighted by atomic mass is 19.1. The van der Waals surface area contributed by atoms with Crippen LogP contribution in [0.2, 0.25) is 0 Å². The van der Waals surface area contributed by atoms with Crippen LogP contribution >= 0.6 is 0 Å². The number of rotatable bonds is 5. The standard InChI is InChI=1S/C17H15FN4O2/c1-2-24-16-10-12(18)8-9-14(16)19-17(23)15-11-22(21-20-15)13-6-4-3-5-7-13/h3-11H,2H2,1H3,(H,19,23). The number of anilines is 1. The number of nitrogens with zero attached hydrogens (tertiary/aromatic N) is 3. The number of carbonyl (C=O) groups is 1. The summed E-state index contributed by atoms with van der Waals surface area (Å²) in [4.78, 5) is 12.3. The van der Waals surface area contributed by atoms with Gasteiger partial charge >= 0.3 is 0 Å². The van der Waals surface area contributed by atoms with Gasteiger partial charge in [-0.25, -0.2) is 9.07 Å². The van der Waals surface area contributed by atoms with Gasteiger partial charge in [-0.1, -0.05) is 23.4 Å². The molecule has 0 aliphatic rings. The van der Waals surface area contributed by atoms with E-state index in [4.69, 9.17) is 4.74 Å². The third-order valence-electron chi connectivity index (χ3n) is 3.24. The second kappa shape index (κ2) is 6.91. The van der Waals surface area contributed by atoms with Crippen LogP contribution in [0.25, 0.3) is 5.69 Å². The third-order valence-corrected chi connectivity index (χ3v) is 3.24. The van der Waals surface area contributed by atoms with E-state index in [9.17, 15) is 9.18 Å². The van der Waals surface area contributed by atoms with Crippen LogP contribution in [-0.2, 0) is 0 Å². The number of aromatic nitrogens is 3. The normalized spacial score (nSPS) is 10.4. The number of benzene rings is 2. The number of hydrogen-bond donors (Lipinski definition) is 1. The lowest BCUT2D eigenvalue weighted by Crippen LogP contribution is -2.13. The van der Waals surface area contributed by atoms with Gasteiger partial charge in [-0.3, -0.25) is 4.79 Å². The van der Waals surface area contributed by atoms with Crippen LogP contribution in [0.5, 0.6) is 5.75 Å². The molecule has 1 aromatic heterocycles. The van der Waals surface area contributed by atoms with E-state index in [-0.39, 0.29) is 11.4 Å². The molecule has 122 valence electrons. The molecule has 1 amide bonds. The predicted octanol–water partition coefficient (Wildman–Crippen LogP) is 3.06. The van der Waals surface area contributed by atoms with Gasteiger partial charge in [0.15, 0.2) is 5.69 Å². The summed E-state index contributed by atoms with van der Waals surface area (Å²) in [6.07, 6.45) is 1.52. The molecule has 2 aromatic carbocycles. The third kappa shape index (κ3) is 3.40. The Kier molecular flexibility index (Phi) is 4.51. The maximum absolute atomic E-state index is 13.3. The molecule has 0 aliphatic carbocycles. The van der Waals surface area contributed by atoms with Crippen molar-refractivity contribution in [3.05, 3.63) is 66.2 Å². The summed E-state index contributed by atoms with van der Waals surface area (Å²) in [5, 5.41) is 10.5. The zero-order valence-electron chi connectivity index (χ0n) is 12.9. The number of hydrogen-bond acceptors (Lipinski definition) is 4. The minimum Gasteiger partial charge on any atom is -0.492 e. The fourth-order valence-corrected chi connectivity index (χ4v) is 2.14. The van der Waals surface area contributed by atoms with E-state index in [1.54, 1.807) is 6.92 Å². The van der Waals surface area contributed by atoms with Gasteiger partial charge in [0.25, 0.3) is 5.91 Å². The van der Waals surface area contributed by atoms with Crippen LogP contribution in [0.1, 0.15) is 17.4 Å². The van der Waals surface area contributed by atoms with Crippen molar-refractivity contribution in [2.75, 3.05) is 11.9 Å². The molecule has 3 rings (SSSR count). The molecule has 3 aromatic rings. The highest BCUT2D eigenvalue weighted by molar-refractivity contribution is 6.03.